The summed E-state index contributed by atoms with van der Waals surface area (Å²) in [4.78, 5) is 11.9. The van der Waals surface area contributed by atoms with E-state index in [1.54, 1.807) is 13.2 Å². The lowest BCUT2D eigenvalue weighted by atomic mass is 10.2. The van der Waals surface area contributed by atoms with E-state index in [-0.39, 0.29) is 18.0 Å². The van der Waals surface area contributed by atoms with E-state index in [0.717, 1.165) is 5.56 Å². The Morgan fingerprint density at radius 3 is 2.46 bits per heavy atom. The molecule has 0 spiro atoms. The van der Waals surface area contributed by atoms with Gasteiger partial charge >= 0.3 is 0 Å². The van der Waals surface area contributed by atoms with Crippen LogP contribution in [0.5, 0.6) is 5.75 Å². The fraction of sp³-hybridized carbons (Fsp3) is 0.188. The normalized spacial score (nSPS) is 11.1. The van der Waals surface area contributed by atoms with Crippen LogP contribution in [0.15, 0.2) is 53.4 Å². The Morgan fingerprint density at radius 1 is 1.12 bits per heavy atom. The van der Waals surface area contributed by atoms with Crippen molar-refractivity contribution in [2.24, 2.45) is 0 Å². The summed E-state index contributed by atoms with van der Waals surface area (Å²) in [7, 11) is -2.22. The zero-order valence-electron chi connectivity index (χ0n) is 13.0. The Balaban J connectivity index is 1.90. The third-order valence-corrected chi connectivity index (χ3v) is 4.88. The molecule has 0 fully saturated rings. The first-order valence-corrected chi connectivity index (χ1v) is 8.92. The zero-order chi connectivity index (χ0) is 17.6. The van der Waals surface area contributed by atoms with Crippen molar-refractivity contribution in [2.75, 3.05) is 13.7 Å². The quantitative estimate of drug-likeness (QED) is 0.782. The molecule has 0 saturated heterocycles. The van der Waals surface area contributed by atoms with Gasteiger partial charge in [0.2, 0.25) is 15.9 Å². The summed E-state index contributed by atoms with van der Waals surface area (Å²) in [5, 5.41) is 3.07. The molecule has 0 radical (unpaired) electrons. The van der Waals surface area contributed by atoms with Gasteiger partial charge in [0.25, 0.3) is 0 Å². The molecular formula is C16H17ClN2O4S. The molecule has 0 unspecified atom stereocenters. The summed E-state index contributed by atoms with van der Waals surface area (Å²) in [5.41, 5.74) is 0.800. The zero-order valence-corrected chi connectivity index (χ0v) is 14.5. The van der Waals surface area contributed by atoms with Gasteiger partial charge in [-0.05, 0) is 30.3 Å². The van der Waals surface area contributed by atoms with E-state index in [2.05, 4.69) is 10.0 Å². The Morgan fingerprint density at radius 2 is 1.79 bits per heavy atom. The van der Waals surface area contributed by atoms with Crippen molar-refractivity contribution in [3.05, 3.63) is 59.1 Å². The highest BCUT2D eigenvalue weighted by molar-refractivity contribution is 7.89. The molecule has 128 valence electrons. The number of benzene rings is 2. The highest BCUT2D eigenvalue weighted by atomic mass is 35.5. The monoisotopic (exact) mass is 368 g/mol. The molecule has 2 aromatic rings. The van der Waals surface area contributed by atoms with Crippen LogP contribution >= 0.6 is 11.6 Å². The summed E-state index contributed by atoms with van der Waals surface area (Å²) in [6.07, 6.45) is 0. The number of para-hydroxylation sites is 1. The van der Waals surface area contributed by atoms with E-state index in [0.29, 0.717) is 10.8 Å². The molecule has 2 aromatic carbocycles. The van der Waals surface area contributed by atoms with Gasteiger partial charge in [-0.2, -0.15) is 0 Å². The number of ether oxygens (including phenoxy) is 1. The molecular weight excluding hydrogens is 352 g/mol. The second-order valence-corrected chi connectivity index (χ2v) is 7.07. The van der Waals surface area contributed by atoms with Gasteiger partial charge < -0.3 is 10.1 Å². The molecule has 2 rings (SSSR count). The van der Waals surface area contributed by atoms with E-state index in [9.17, 15) is 13.2 Å². The fourth-order valence-electron chi connectivity index (χ4n) is 1.96. The number of nitrogens with one attached hydrogen (secondary N) is 2. The summed E-state index contributed by atoms with van der Waals surface area (Å²) in [5.74, 6) is 0.206. The van der Waals surface area contributed by atoms with Crippen LogP contribution < -0.4 is 14.8 Å². The van der Waals surface area contributed by atoms with Crippen molar-refractivity contribution in [2.45, 2.75) is 11.4 Å². The van der Waals surface area contributed by atoms with Gasteiger partial charge in [0.15, 0.2) is 0 Å². The summed E-state index contributed by atoms with van der Waals surface area (Å²) in [6.45, 7) is -0.119. The summed E-state index contributed by atoms with van der Waals surface area (Å²) >= 11 is 5.72. The first-order valence-electron chi connectivity index (χ1n) is 7.06. The average molecular weight is 369 g/mol. The van der Waals surface area contributed by atoms with Crippen molar-refractivity contribution in [3.63, 3.8) is 0 Å². The third-order valence-electron chi connectivity index (χ3n) is 3.22. The standard InChI is InChI=1S/C16H17ClN2O4S/c1-23-15-5-3-2-4-12(15)10-18-16(20)11-19-24(21,22)14-8-6-13(17)7-9-14/h2-9,19H,10-11H2,1H3,(H,18,20). The maximum absolute atomic E-state index is 12.1. The lowest BCUT2D eigenvalue weighted by Gasteiger charge is -2.10. The molecule has 24 heavy (non-hydrogen) atoms. The molecule has 0 bridgehead atoms. The molecule has 0 heterocycles. The lowest BCUT2D eigenvalue weighted by Crippen LogP contribution is -2.36. The van der Waals surface area contributed by atoms with E-state index in [1.807, 2.05) is 18.2 Å². The maximum atomic E-state index is 12.1. The molecule has 0 aromatic heterocycles. The van der Waals surface area contributed by atoms with Gasteiger partial charge in [-0.25, -0.2) is 13.1 Å². The van der Waals surface area contributed by atoms with Crippen LogP contribution in [0.2, 0.25) is 5.02 Å². The van der Waals surface area contributed by atoms with Crippen molar-refractivity contribution >= 4 is 27.5 Å². The van der Waals surface area contributed by atoms with Gasteiger partial charge in [-0.15, -0.1) is 0 Å². The molecule has 0 aliphatic rings. The van der Waals surface area contributed by atoms with Crippen molar-refractivity contribution < 1.29 is 17.9 Å². The molecule has 0 aliphatic heterocycles. The second kappa shape index (κ2) is 8.14. The van der Waals surface area contributed by atoms with Gasteiger partial charge in [0, 0.05) is 17.1 Å². The van der Waals surface area contributed by atoms with Crippen LogP contribution in [0.3, 0.4) is 0 Å². The van der Waals surface area contributed by atoms with E-state index >= 15 is 0 Å². The van der Waals surface area contributed by atoms with Crippen LogP contribution in [0.1, 0.15) is 5.56 Å². The minimum Gasteiger partial charge on any atom is -0.496 e. The van der Waals surface area contributed by atoms with Crippen molar-refractivity contribution in [1.29, 1.82) is 0 Å². The Labute approximate surface area is 145 Å². The Hall–Kier alpha value is -2.09. The van der Waals surface area contributed by atoms with Crippen LogP contribution in [0.25, 0.3) is 0 Å². The Kier molecular flexibility index (Phi) is 6.19. The lowest BCUT2D eigenvalue weighted by molar-refractivity contribution is -0.120. The van der Waals surface area contributed by atoms with Crippen LogP contribution in [-0.2, 0) is 21.4 Å². The molecule has 6 nitrogen and oxygen atoms in total. The largest absolute Gasteiger partial charge is 0.496 e. The minimum atomic E-state index is -3.76. The summed E-state index contributed by atoms with van der Waals surface area (Å²) < 4.78 is 31.6. The number of sulfonamides is 1. The number of carbonyl (C=O) groups excluding carboxylic acids is 1. The molecule has 0 atom stereocenters. The fourth-order valence-corrected chi connectivity index (χ4v) is 3.07. The number of halogens is 1. The van der Waals surface area contributed by atoms with E-state index in [4.69, 9.17) is 16.3 Å². The van der Waals surface area contributed by atoms with Crippen LogP contribution in [-0.4, -0.2) is 28.0 Å². The van der Waals surface area contributed by atoms with Gasteiger partial charge in [-0.3, -0.25) is 4.79 Å². The molecule has 8 heteroatoms. The minimum absolute atomic E-state index is 0.0458. The predicted octanol–water partition coefficient (Wildman–Crippen LogP) is 1.94. The molecule has 0 saturated carbocycles. The average Bonchev–Trinajstić information content (AvgIpc) is 2.59. The number of carbonyl (C=O) groups is 1. The number of hydrogen-bond donors (Lipinski definition) is 2. The molecule has 2 N–H and O–H groups in total. The second-order valence-electron chi connectivity index (χ2n) is 4.87. The van der Waals surface area contributed by atoms with E-state index < -0.39 is 15.9 Å². The number of rotatable bonds is 7. The Bertz CT molecular complexity index is 807. The van der Waals surface area contributed by atoms with Gasteiger partial charge in [0.1, 0.15) is 5.75 Å². The smallest absolute Gasteiger partial charge is 0.241 e. The molecule has 1 amide bonds. The SMILES string of the molecule is COc1ccccc1CNC(=O)CNS(=O)(=O)c1ccc(Cl)cc1. The highest BCUT2D eigenvalue weighted by Gasteiger charge is 2.15. The van der Waals surface area contributed by atoms with Crippen LogP contribution in [0.4, 0.5) is 0 Å². The third kappa shape index (κ3) is 4.95. The van der Waals surface area contributed by atoms with Gasteiger partial charge in [0.05, 0.1) is 18.6 Å². The van der Waals surface area contributed by atoms with Crippen LogP contribution in [0, 0.1) is 0 Å². The molecule has 0 aliphatic carbocycles. The van der Waals surface area contributed by atoms with Crippen molar-refractivity contribution in [1.82, 2.24) is 10.0 Å². The highest BCUT2D eigenvalue weighted by Crippen LogP contribution is 2.16. The summed E-state index contributed by atoms with van der Waals surface area (Å²) in [6, 6.07) is 12.9. The first-order chi connectivity index (χ1) is 11.4. The van der Waals surface area contributed by atoms with E-state index in [1.165, 1.54) is 24.3 Å². The predicted molar refractivity (Wildman–Crippen MR) is 91.5 cm³/mol. The number of methoxy groups -OCH3 is 1. The topological polar surface area (TPSA) is 84.5 Å². The maximum Gasteiger partial charge on any atom is 0.241 e. The van der Waals surface area contributed by atoms with Gasteiger partial charge in [-0.1, -0.05) is 29.8 Å². The number of amides is 1. The van der Waals surface area contributed by atoms with Crippen molar-refractivity contribution in [3.8, 4) is 5.75 Å². The first kappa shape index (κ1) is 18.3. The number of hydrogen-bond acceptors (Lipinski definition) is 4.